The van der Waals surface area contributed by atoms with Crippen molar-refractivity contribution in [1.82, 2.24) is 4.98 Å². The van der Waals surface area contributed by atoms with E-state index in [1.165, 1.54) is 49.7 Å². The number of hydrogen-bond acceptors (Lipinski definition) is 3. The fourth-order valence-corrected chi connectivity index (χ4v) is 5.85. The first-order valence-corrected chi connectivity index (χ1v) is 12.9. The lowest BCUT2D eigenvalue weighted by Gasteiger charge is -2.27. The van der Waals surface area contributed by atoms with Gasteiger partial charge in [-0.1, -0.05) is 42.4 Å². The first kappa shape index (κ1) is 22.7. The number of nitrogens with one attached hydrogen (secondary N) is 1. The van der Waals surface area contributed by atoms with Crippen molar-refractivity contribution in [1.29, 1.82) is 0 Å². The van der Waals surface area contributed by atoms with Gasteiger partial charge >= 0.3 is 0 Å². The smallest absolute Gasteiger partial charge is 0.275 e. The number of carbonyl (C=O) groups is 1. The highest BCUT2D eigenvalue weighted by Crippen LogP contribution is 2.39. The van der Waals surface area contributed by atoms with Gasteiger partial charge < -0.3 is 5.32 Å². The predicted octanol–water partition coefficient (Wildman–Crippen LogP) is 8.07. The van der Waals surface area contributed by atoms with Crippen LogP contribution >= 0.6 is 11.3 Å². The van der Waals surface area contributed by atoms with Gasteiger partial charge in [0.2, 0.25) is 0 Å². The Morgan fingerprint density at radius 3 is 2.88 bits per heavy atom. The van der Waals surface area contributed by atoms with E-state index in [1.807, 2.05) is 17.5 Å². The quantitative estimate of drug-likeness (QED) is 0.329. The molecule has 0 unspecified atom stereocenters. The minimum Gasteiger partial charge on any atom is -0.320 e. The number of hydrogen-bond donors (Lipinski definition) is 1. The van der Waals surface area contributed by atoms with Crippen LogP contribution in [-0.4, -0.2) is 10.9 Å². The van der Waals surface area contributed by atoms with E-state index in [2.05, 4.69) is 49.2 Å². The van der Waals surface area contributed by atoms with Crippen molar-refractivity contribution in [3.05, 3.63) is 76.3 Å². The van der Waals surface area contributed by atoms with E-state index in [4.69, 9.17) is 4.98 Å². The van der Waals surface area contributed by atoms with Gasteiger partial charge in [0.1, 0.15) is 5.69 Å². The molecule has 1 heterocycles. The van der Waals surface area contributed by atoms with E-state index in [0.717, 1.165) is 41.4 Å². The highest BCUT2D eigenvalue weighted by Gasteiger charge is 2.25. The van der Waals surface area contributed by atoms with Crippen molar-refractivity contribution < 1.29 is 4.79 Å². The van der Waals surface area contributed by atoms with Gasteiger partial charge in [0.05, 0.1) is 5.01 Å². The molecule has 4 rings (SSSR count). The number of unbranched alkanes of at least 4 members (excludes halogenated alkanes) is 1. The molecule has 168 valence electrons. The number of rotatable bonds is 8. The van der Waals surface area contributed by atoms with Crippen LogP contribution in [0.4, 0.5) is 5.69 Å². The van der Waals surface area contributed by atoms with Crippen molar-refractivity contribution in [2.45, 2.75) is 70.6 Å². The van der Waals surface area contributed by atoms with Gasteiger partial charge in [0.25, 0.3) is 5.91 Å². The maximum atomic E-state index is 13.0. The molecule has 1 fully saturated rings. The van der Waals surface area contributed by atoms with Crippen molar-refractivity contribution in [2.24, 2.45) is 5.92 Å². The zero-order valence-electron chi connectivity index (χ0n) is 19.1. The minimum atomic E-state index is -0.109. The molecule has 32 heavy (non-hydrogen) atoms. The molecule has 3 nitrogen and oxygen atoms in total. The Labute approximate surface area is 196 Å². The lowest BCUT2D eigenvalue weighted by atomic mass is 9.80. The summed E-state index contributed by atoms with van der Waals surface area (Å²) in [5.41, 5.74) is 5.01. The molecule has 0 radical (unpaired) electrons. The zero-order chi connectivity index (χ0) is 22.3. The molecule has 4 heteroatoms. The van der Waals surface area contributed by atoms with E-state index < -0.39 is 0 Å². The lowest BCUT2D eigenvalue weighted by Crippen LogP contribution is -2.15. The van der Waals surface area contributed by atoms with Gasteiger partial charge in [-0.15, -0.1) is 17.9 Å². The van der Waals surface area contributed by atoms with Crippen LogP contribution in [0, 0.1) is 12.8 Å². The summed E-state index contributed by atoms with van der Waals surface area (Å²) >= 11 is 1.65. The number of benzene rings is 1. The maximum Gasteiger partial charge on any atom is 0.275 e. The number of thiazole rings is 1. The Kier molecular flexibility index (Phi) is 7.75. The van der Waals surface area contributed by atoms with E-state index in [9.17, 15) is 4.79 Å². The number of anilines is 1. The van der Waals surface area contributed by atoms with Gasteiger partial charge in [0.15, 0.2) is 0 Å². The van der Waals surface area contributed by atoms with Crippen LogP contribution in [0.15, 0.2) is 54.5 Å². The number of nitrogens with zero attached hydrogens (tertiary/aromatic N) is 1. The molecule has 1 aromatic heterocycles. The molecule has 0 saturated heterocycles. The second kappa shape index (κ2) is 10.9. The van der Waals surface area contributed by atoms with Crippen LogP contribution < -0.4 is 5.32 Å². The SMILES string of the molecule is C=CCCCC1CCC(c2nc(C(=O)Nc3ccc(C)cc3C3=CC=CCC3)cs2)CC1. The molecule has 1 saturated carbocycles. The summed E-state index contributed by atoms with van der Waals surface area (Å²) in [6.07, 6.45) is 19.1. The Hall–Kier alpha value is -2.46. The molecule has 1 amide bonds. The average molecular weight is 447 g/mol. The largest absolute Gasteiger partial charge is 0.320 e. The molecule has 0 bridgehead atoms. The number of aryl methyl sites for hydroxylation is 1. The van der Waals surface area contributed by atoms with Gasteiger partial charge in [0, 0.05) is 22.5 Å². The Morgan fingerprint density at radius 1 is 1.28 bits per heavy atom. The third kappa shape index (κ3) is 5.66. The van der Waals surface area contributed by atoms with Crippen LogP contribution in [0.25, 0.3) is 5.57 Å². The Morgan fingerprint density at radius 2 is 2.12 bits per heavy atom. The molecule has 0 aliphatic heterocycles. The molecule has 1 N–H and O–H groups in total. The van der Waals surface area contributed by atoms with Gasteiger partial charge in [-0.2, -0.15) is 0 Å². The minimum absolute atomic E-state index is 0.109. The predicted molar refractivity (Wildman–Crippen MR) is 136 cm³/mol. The second-order valence-corrected chi connectivity index (χ2v) is 10.1. The summed E-state index contributed by atoms with van der Waals surface area (Å²) < 4.78 is 0. The van der Waals surface area contributed by atoms with Crippen LogP contribution in [0.5, 0.6) is 0 Å². The second-order valence-electron chi connectivity index (χ2n) is 9.17. The summed E-state index contributed by atoms with van der Waals surface area (Å²) in [6.45, 7) is 5.92. The fraction of sp³-hybridized carbons (Fsp3) is 0.429. The van der Waals surface area contributed by atoms with Crippen molar-refractivity contribution in [3.63, 3.8) is 0 Å². The highest BCUT2D eigenvalue weighted by molar-refractivity contribution is 7.10. The molecule has 2 aliphatic carbocycles. The summed E-state index contributed by atoms with van der Waals surface area (Å²) in [4.78, 5) is 17.8. The van der Waals surface area contributed by atoms with E-state index in [-0.39, 0.29) is 5.91 Å². The summed E-state index contributed by atoms with van der Waals surface area (Å²) in [7, 11) is 0. The molecule has 0 spiro atoms. The first-order valence-electron chi connectivity index (χ1n) is 12.0. The maximum absolute atomic E-state index is 13.0. The summed E-state index contributed by atoms with van der Waals surface area (Å²) in [6, 6.07) is 6.24. The van der Waals surface area contributed by atoms with Gasteiger partial charge in [-0.25, -0.2) is 4.98 Å². The third-order valence-electron chi connectivity index (χ3n) is 6.75. The van der Waals surface area contributed by atoms with Crippen molar-refractivity contribution in [2.75, 3.05) is 5.32 Å². The first-order chi connectivity index (χ1) is 15.6. The summed E-state index contributed by atoms with van der Waals surface area (Å²) in [5, 5.41) is 6.19. The molecular weight excluding hydrogens is 412 g/mol. The molecule has 1 aromatic carbocycles. The van der Waals surface area contributed by atoms with Crippen molar-refractivity contribution in [3.8, 4) is 0 Å². The third-order valence-corrected chi connectivity index (χ3v) is 7.76. The molecular formula is C28H34N2OS. The average Bonchev–Trinajstić information content (AvgIpc) is 3.32. The monoisotopic (exact) mass is 446 g/mol. The number of allylic oxidation sites excluding steroid dienone is 5. The zero-order valence-corrected chi connectivity index (χ0v) is 19.9. The van der Waals surface area contributed by atoms with E-state index >= 15 is 0 Å². The number of aromatic nitrogens is 1. The van der Waals surface area contributed by atoms with Gasteiger partial charge in [-0.05, 0) is 81.9 Å². The van der Waals surface area contributed by atoms with Gasteiger partial charge in [-0.3, -0.25) is 4.79 Å². The topological polar surface area (TPSA) is 42.0 Å². The standard InChI is InChI=1S/C28H34N2OS/c1-3-4-6-9-21-13-15-23(16-14-21)28-30-26(19-32-28)27(31)29-25-17-12-20(2)18-24(25)22-10-7-5-8-11-22/h3,5,7,10,12,17-19,21,23H,1,4,6,8-9,11,13-16H2,2H3,(H,29,31). The van der Waals surface area contributed by atoms with Crippen LogP contribution in [-0.2, 0) is 0 Å². The van der Waals surface area contributed by atoms with E-state index in [0.29, 0.717) is 11.6 Å². The highest BCUT2D eigenvalue weighted by atomic mass is 32.1. The van der Waals surface area contributed by atoms with Crippen LogP contribution in [0.2, 0.25) is 0 Å². The lowest BCUT2D eigenvalue weighted by molar-refractivity contribution is 0.102. The normalized spacial score (nSPS) is 20.6. The van der Waals surface area contributed by atoms with Crippen molar-refractivity contribution >= 4 is 28.5 Å². The number of amides is 1. The fourth-order valence-electron chi connectivity index (χ4n) is 4.87. The molecule has 2 aromatic rings. The van der Waals surface area contributed by atoms with E-state index in [1.54, 1.807) is 11.3 Å². The van der Waals surface area contributed by atoms with Crippen LogP contribution in [0.3, 0.4) is 0 Å². The Bertz CT molecular complexity index is 1010. The summed E-state index contributed by atoms with van der Waals surface area (Å²) in [5.74, 6) is 1.24. The molecule has 0 atom stereocenters. The Balaban J connectivity index is 1.39. The van der Waals surface area contributed by atoms with Crippen LogP contribution in [0.1, 0.15) is 90.3 Å². The molecule has 2 aliphatic rings. The number of carbonyl (C=O) groups excluding carboxylic acids is 1.